The van der Waals surface area contributed by atoms with Crippen LogP contribution in [0.2, 0.25) is 0 Å². The van der Waals surface area contributed by atoms with Crippen LogP contribution in [0.25, 0.3) is 0 Å². The molecule has 0 bridgehead atoms. The minimum atomic E-state index is 0.0547. The smallest absolute Gasteiger partial charge is 0.146 e. The Hall–Kier alpha value is -1.14. The first kappa shape index (κ1) is 9.94. The largest absolute Gasteiger partial charge is 0.299 e. The van der Waals surface area contributed by atoms with Crippen LogP contribution >= 0.6 is 11.3 Å². The highest BCUT2D eigenvalue weighted by Gasteiger charge is 2.01. The molecule has 0 aliphatic carbocycles. The van der Waals surface area contributed by atoms with E-state index in [1.165, 1.54) is 4.88 Å². The van der Waals surface area contributed by atoms with Crippen molar-refractivity contribution in [2.45, 2.75) is 25.7 Å². The van der Waals surface area contributed by atoms with Gasteiger partial charge in [0.05, 0.1) is 12.5 Å². The summed E-state index contributed by atoms with van der Waals surface area (Å²) in [5, 5.41) is 10.3. The Bertz CT molecular complexity index is 297. The molecule has 0 amide bonds. The first-order valence-corrected chi connectivity index (χ1v) is 5.12. The fourth-order valence-electron chi connectivity index (χ4n) is 1.09. The van der Waals surface area contributed by atoms with Gasteiger partial charge in [0.1, 0.15) is 5.78 Å². The number of thiophene rings is 1. The maximum atomic E-state index is 11.0. The van der Waals surface area contributed by atoms with Crippen LogP contribution in [0.5, 0.6) is 0 Å². The number of rotatable bonds is 5. The molecule has 0 unspecified atom stereocenters. The Balaban J connectivity index is 2.15. The molecule has 0 N–H and O–H groups in total. The maximum Gasteiger partial charge on any atom is 0.146 e. The van der Waals surface area contributed by atoms with Crippen molar-refractivity contribution in [2.75, 3.05) is 0 Å². The molecule has 1 heterocycles. The lowest BCUT2D eigenvalue weighted by Crippen LogP contribution is -1.96. The van der Waals surface area contributed by atoms with E-state index in [-0.39, 0.29) is 12.2 Å². The van der Waals surface area contributed by atoms with Crippen molar-refractivity contribution in [3.8, 4) is 6.07 Å². The van der Waals surface area contributed by atoms with E-state index in [1.807, 2.05) is 17.5 Å². The third-order valence-corrected chi connectivity index (χ3v) is 2.67. The fourth-order valence-corrected chi connectivity index (χ4v) is 1.84. The summed E-state index contributed by atoms with van der Waals surface area (Å²) in [5.74, 6) is 0.0547. The highest BCUT2D eigenvalue weighted by Crippen LogP contribution is 2.12. The summed E-state index contributed by atoms with van der Waals surface area (Å²) in [6.07, 6.45) is 2.41. The van der Waals surface area contributed by atoms with Crippen LogP contribution in [0.3, 0.4) is 0 Å². The molecule has 0 saturated carbocycles. The first-order chi connectivity index (χ1) is 6.33. The molecule has 3 heteroatoms. The Labute approximate surface area is 81.8 Å². The molecule has 0 radical (unpaired) electrons. The van der Waals surface area contributed by atoms with Crippen LogP contribution < -0.4 is 0 Å². The van der Waals surface area contributed by atoms with Crippen molar-refractivity contribution in [1.82, 2.24) is 0 Å². The lowest BCUT2D eigenvalue weighted by Gasteiger charge is -1.95. The van der Waals surface area contributed by atoms with E-state index in [4.69, 9.17) is 5.26 Å². The number of nitriles is 1. The summed E-state index contributed by atoms with van der Waals surface area (Å²) in [4.78, 5) is 12.3. The monoisotopic (exact) mass is 193 g/mol. The Morgan fingerprint density at radius 2 is 2.46 bits per heavy atom. The molecule has 1 aromatic heterocycles. The molecular weight excluding hydrogens is 182 g/mol. The second-order valence-corrected chi connectivity index (χ2v) is 3.84. The second-order valence-electron chi connectivity index (χ2n) is 2.81. The molecule has 0 aliphatic heterocycles. The minimum absolute atomic E-state index is 0.0547. The standard InChI is InChI=1S/C10H11NOS/c11-7-6-9(12)3-1-4-10-5-2-8-13-10/h2,5,8H,1,3-4,6H2. The summed E-state index contributed by atoms with van der Waals surface area (Å²) in [5.41, 5.74) is 0. The normalized spacial score (nSPS) is 9.46. The van der Waals surface area contributed by atoms with Gasteiger partial charge >= 0.3 is 0 Å². The van der Waals surface area contributed by atoms with Crippen molar-refractivity contribution in [2.24, 2.45) is 0 Å². The van der Waals surface area contributed by atoms with Crippen molar-refractivity contribution in [3.63, 3.8) is 0 Å². The Kier molecular flexibility index (Phi) is 4.20. The predicted molar refractivity (Wildman–Crippen MR) is 52.5 cm³/mol. The first-order valence-electron chi connectivity index (χ1n) is 4.24. The number of nitrogens with zero attached hydrogens (tertiary/aromatic N) is 1. The Morgan fingerprint density at radius 3 is 3.08 bits per heavy atom. The van der Waals surface area contributed by atoms with E-state index in [2.05, 4.69) is 6.07 Å². The van der Waals surface area contributed by atoms with Gasteiger partial charge in [-0.2, -0.15) is 5.26 Å². The predicted octanol–water partition coefficient (Wildman–Crippen LogP) is 2.55. The lowest BCUT2D eigenvalue weighted by atomic mass is 10.1. The summed E-state index contributed by atoms with van der Waals surface area (Å²) in [6, 6.07) is 5.94. The highest BCUT2D eigenvalue weighted by molar-refractivity contribution is 7.09. The van der Waals surface area contributed by atoms with Gasteiger partial charge in [-0.25, -0.2) is 0 Å². The fraction of sp³-hybridized carbons (Fsp3) is 0.400. The number of hydrogen-bond donors (Lipinski definition) is 0. The number of hydrogen-bond acceptors (Lipinski definition) is 3. The van der Waals surface area contributed by atoms with Gasteiger partial charge in [-0.05, 0) is 24.3 Å². The average molecular weight is 193 g/mol. The van der Waals surface area contributed by atoms with Gasteiger partial charge in [-0.3, -0.25) is 4.79 Å². The summed E-state index contributed by atoms with van der Waals surface area (Å²) >= 11 is 1.71. The van der Waals surface area contributed by atoms with E-state index in [0.29, 0.717) is 6.42 Å². The third-order valence-electron chi connectivity index (χ3n) is 1.74. The van der Waals surface area contributed by atoms with Crippen molar-refractivity contribution < 1.29 is 4.79 Å². The zero-order chi connectivity index (χ0) is 9.52. The van der Waals surface area contributed by atoms with Gasteiger partial charge in [0, 0.05) is 11.3 Å². The van der Waals surface area contributed by atoms with Crippen LogP contribution in [0, 0.1) is 11.3 Å². The molecular formula is C10H11NOS. The molecule has 0 fully saturated rings. The summed E-state index contributed by atoms with van der Waals surface area (Å²) < 4.78 is 0. The van der Waals surface area contributed by atoms with E-state index in [9.17, 15) is 4.79 Å². The van der Waals surface area contributed by atoms with E-state index in [1.54, 1.807) is 11.3 Å². The molecule has 1 rings (SSSR count). The minimum Gasteiger partial charge on any atom is -0.299 e. The van der Waals surface area contributed by atoms with Crippen LogP contribution in [-0.4, -0.2) is 5.78 Å². The lowest BCUT2D eigenvalue weighted by molar-refractivity contribution is -0.118. The molecule has 0 aliphatic rings. The maximum absolute atomic E-state index is 11.0. The number of carbonyl (C=O) groups excluding carboxylic acids is 1. The van der Waals surface area contributed by atoms with Gasteiger partial charge < -0.3 is 0 Å². The number of Topliss-reactive ketones (excluding diaryl/α,β-unsaturated/α-hetero) is 1. The quantitative estimate of drug-likeness (QED) is 0.721. The van der Waals surface area contributed by atoms with Crippen LogP contribution in [0.1, 0.15) is 24.1 Å². The van der Waals surface area contributed by atoms with E-state index >= 15 is 0 Å². The van der Waals surface area contributed by atoms with E-state index < -0.39 is 0 Å². The molecule has 68 valence electrons. The number of carbonyl (C=O) groups is 1. The van der Waals surface area contributed by atoms with Gasteiger partial charge in [0.25, 0.3) is 0 Å². The van der Waals surface area contributed by atoms with Gasteiger partial charge in [0.2, 0.25) is 0 Å². The summed E-state index contributed by atoms with van der Waals surface area (Å²) in [7, 11) is 0. The van der Waals surface area contributed by atoms with Gasteiger partial charge in [-0.1, -0.05) is 6.07 Å². The highest BCUT2D eigenvalue weighted by atomic mass is 32.1. The molecule has 0 saturated heterocycles. The van der Waals surface area contributed by atoms with Crippen LogP contribution in [0.4, 0.5) is 0 Å². The zero-order valence-electron chi connectivity index (χ0n) is 7.32. The average Bonchev–Trinajstić information content (AvgIpc) is 2.57. The SMILES string of the molecule is N#CCC(=O)CCCc1cccs1. The van der Waals surface area contributed by atoms with Crippen molar-refractivity contribution in [1.29, 1.82) is 5.26 Å². The molecule has 13 heavy (non-hydrogen) atoms. The van der Waals surface area contributed by atoms with Crippen LogP contribution in [0.15, 0.2) is 17.5 Å². The second kappa shape index (κ2) is 5.50. The van der Waals surface area contributed by atoms with Gasteiger partial charge in [-0.15, -0.1) is 11.3 Å². The van der Waals surface area contributed by atoms with Crippen LogP contribution in [-0.2, 0) is 11.2 Å². The topological polar surface area (TPSA) is 40.9 Å². The summed E-state index contributed by atoms with van der Waals surface area (Å²) in [6.45, 7) is 0. The molecule has 0 spiro atoms. The molecule has 0 aromatic carbocycles. The third kappa shape index (κ3) is 3.86. The molecule has 1 aromatic rings. The molecule has 0 atom stereocenters. The van der Waals surface area contributed by atoms with E-state index in [0.717, 1.165) is 12.8 Å². The number of aryl methyl sites for hydroxylation is 1. The zero-order valence-corrected chi connectivity index (χ0v) is 8.14. The van der Waals surface area contributed by atoms with Crippen molar-refractivity contribution in [3.05, 3.63) is 22.4 Å². The van der Waals surface area contributed by atoms with Gasteiger partial charge in [0.15, 0.2) is 0 Å². The molecule has 2 nitrogen and oxygen atoms in total. The number of ketones is 1. The van der Waals surface area contributed by atoms with Crippen molar-refractivity contribution >= 4 is 17.1 Å². The Morgan fingerprint density at radius 1 is 1.62 bits per heavy atom.